The van der Waals surface area contributed by atoms with Crippen LogP contribution in [0, 0.1) is 0 Å². The molecule has 79 heavy (non-hydrogen) atoms. The van der Waals surface area contributed by atoms with Crippen LogP contribution in [0.15, 0.2) is 46.2 Å². The average molecular weight is 1500 g/mol. The minimum atomic E-state index is -5.33. The van der Waals surface area contributed by atoms with Gasteiger partial charge in [0.25, 0.3) is 0 Å². The number of aromatic carboxylic acids is 4. The van der Waals surface area contributed by atoms with E-state index < -0.39 is 76.2 Å². The van der Waals surface area contributed by atoms with Crippen molar-refractivity contribution in [3.05, 3.63) is 80.9 Å². The van der Waals surface area contributed by atoms with E-state index in [0.717, 1.165) is 141 Å². The zero-order valence-electron chi connectivity index (χ0n) is 47.7. The summed E-state index contributed by atoms with van der Waals surface area (Å²) in [4.78, 5) is 46.4. The first-order valence-electron chi connectivity index (χ1n) is 28.3. The number of carboxylic acids is 4. The Labute approximate surface area is 592 Å². The molecule has 0 aliphatic carbocycles. The number of unbranched alkanes of at least 4 members (excludes halogenated alkanes) is 24. The Bertz CT molecular complexity index is 2580. The molecule has 4 rings (SSSR count). The van der Waals surface area contributed by atoms with Gasteiger partial charge in [0.15, 0.2) is 0 Å². The first-order chi connectivity index (χ1) is 36.3. The molecule has 0 bridgehead atoms. The number of hydrogen-bond acceptors (Lipinski definition) is 14. The molecule has 0 fully saturated rings. The van der Waals surface area contributed by atoms with Crippen molar-refractivity contribution in [2.75, 3.05) is 0 Å². The van der Waals surface area contributed by atoms with Crippen LogP contribution in [0.25, 0.3) is 21.5 Å². The molecule has 0 amide bonds. The van der Waals surface area contributed by atoms with Crippen LogP contribution < -0.4 is 20.4 Å². The second kappa shape index (κ2) is 42.6. The number of fused-ring (bicyclic) bond motifs is 2. The van der Waals surface area contributed by atoms with Gasteiger partial charge in [-0.25, -0.2) is 16.8 Å². The fraction of sp³-hybridized carbons (Fsp3) is 0.600. The SMILES string of the molecule is CCCCCCCCCc1cccc2c(C(=O)[O-])c(C(=O)[O-])c(S(=O)(=O)[O-])c(CCCCCCCCC)c12.CCCCCCCCCc1cccc2c(C(=O)[O-])c(C(=O)[O-])c(S(=O)(=O)[O-])c(CCCCCCCCC)c12.[Ba+2].[Ba+2].[Ba+2]. The molecule has 0 aliphatic rings. The quantitative estimate of drug-likeness (QED) is 0.0230. The summed E-state index contributed by atoms with van der Waals surface area (Å²) in [5.74, 6) is -7.73. The van der Waals surface area contributed by atoms with Crippen LogP contribution in [0.1, 0.15) is 271 Å². The number of carbonyl (C=O) groups is 4. The predicted molar refractivity (Wildman–Crippen MR) is 305 cm³/mol. The van der Waals surface area contributed by atoms with E-state index in [2.05, 4.69) is 27.7 Å². The van der Waals surface area contributed by atoms with Crippen molar-refractivity contribution in [1.82, 2.24) is 0 Å². The van der Waals surface area contributed by atoms with Crippen molar-refractivity contribution in [2.45, 2.75) is 243 Å². The Morgan fingerprint density at radius 1 is 0.342 bits per heavy atom. The summed E-state index contributed by atoms with van der Waals surface area (Å²) in [6.45, 7) is 8.58. The molecule has 0 spiro atoms. The van der Waals surface area contributed by atoms with E-state index in [4.69, 9.17) is 0 Å². The first-order valence-corrected chi connectivity index (χ1v) is 31.1. The predicted octanol–water partition coefficient (Wildman–Crippen LogP) is 8.97. The monoisotopic (exact) mass is 1500 g/mol. The van der Waals surface area contributed by atoms with Crippen LogP contribution in [0.5, 0.6) is 0 Å². The molecule has 0 N–H and O–H groups in total. The Balaban J connectivity index is 0.00000148. The Morgan fingerprint density at radius 3 is 0.797 bits per heavy atom. The number of carbonyl (C=O) groups excluding carboxylic acids is 4. The van der Waals surface area contributed by atoms with Crippen molar-refractivity contribution in [3.8, 4) is 0 Å². The van der Waals surface area contributed by atoms with Gasteiger partial charge in [-0.15, -0.1) is 0 Å². The molecule has 4 aromatic carbocycles. The third-order valence-corrected chi connectivity index (χ3v) is 16.3. The average Bonchev–Trinajstić information content (AvgIpc) is 3.37. The standard InChI is InChI=1S/2C30H44O7S.3Ba/c2*1-3-5-7-9-11-13-15-18-22-19-17-21-23-25(22)24(20-16-14-12-10-8-6-4-2)28(38(35,36)37)27(30(33)34)26(23)29(31)32;;;/h2*17,19,21H,3-16,18,20H2,1-2H3,(H,31,32)(H,33,34)(H,35,36,37);;;/q;;3*+2/p-6. The minimum absolute atomic E-state index is 0. The fourth-order valence-electron chi connectivity index (χ4n) is 10.7. The van der Waals surface area contributed by atoms with Gasteiger partial charge in [0.1, 0.15) is 20.2 Å². The number of carboxylic acid groups (broad SMARTS) is 4. The molecule has 4 aromatic rings. The van der Waals surface area contributed by atoms with Gasteiger partial charge in [0, 0.05) is 22.3 Å². The van der Waals surface area contributed by atoms with Crippen molar-refractivity contribution in [2.24, 2.45) is 0 Å². The summed E-state index contributed by atoms with van der Waals surface area (Å²) in [5, 5.41) is 49.2. The van der Waals surface area contributed by atoms with Gasteiger partial charge in [-0.05, 0) is 95.2 Å². The van der Waals surface area contributed by atoms with E-state index >= 15 is 0 Å². The van der Waals surface area contributed by atoms with E-state index in [0.29, 0.717) is 47.6 Å². The second-order valence-electron chi connectivity index (χ2n) is 20.3. The van der Waals surface area contributed by atoms with Gasteiger partial charge >= 0.3 is 147 Å². The molecule has 0 unspecified atom stereocenters. The molecule has 0 atom stereocenters. The summed E-state index contributed by atoms with van der Waals surface area (Å²) in [7, 11) is -10.7. The van der Waals surface area contributed by atoms with Crippen LogP contribution >= 0.6 is 0 Å². The van der Waals surface area contributed by atoms with Gasteiger partial charge in [-0.1, -0.05) is 218 Å². The Hall–Kier alpha value is -0.186. The summed E-state index contributed by atoms with van der Waals surface area (Å²) in [6, 6.07) is 9.77. The molecule has 0 heterocycles. The third kappa shape index (κ3) is 25.7. The second-order valence-corrected chi connectivity index (χ2v) is 23.0. The van der Waals surface area contributed by atoms with Crippen LogP contribution in [0.2, 0.25) is 0 Å². The summed E-state index contributed by atoms with van der Waals surface area (Å²) >= 11 is 0. The number of rotatable bonds is 38. The van der Waals surface area contributed by atoms with E-state index in [9.17, 15) is 65.5 Å². The van der Waals surface area contributed by atoms with Gasteiger partial charge in [-0.3, -0.25) is 0 Å². The number of aryl methyl sites for hydroxylation is 4. The largest absolute Gasteiger partial charge is 2.00 e. The van der Waals surface area contributed by atoms with Crippen LogP contribution in [-0.2, 0) is 45.9 Å². The van der Waals surface area contributed by atoms with E-state index in [1.807, 2.05) is 0 Å². The molecule has 424 valence electrons. The van der Waals surface area contributed by atoms with Crippen molar-refractivity contribution >= 4 is 212 Å². The van der Waals surface area contributed by atoms with Crippen LogP contribution in [0.4, 0.5) is 0 Å². The molecule has 0 saturated carbocycles. The maximum atomic E-state index is 12.4. The van der Waals surface area contributed by atoms with Crippen LogP contribution in [0.3, 0.4) is 0 Å². The topological polar surface area (TPSA) is 275 Å². The van der Waals surface area contributed by atoms with E-state index in [1.165, 1.54) is 37.8 Å². The maximum Gasteiger partial charge on any atom is 2.00 e. The Kier molecular flexibility index (Phi) is 42.5. The molecule has 14 nitrogen and oxygen atoms in total. The molecule has 0 aliphatic heterocycles. The molecular formula is C60H82Ba3O14S2. The van der Waals surface area contributed by atoms with Crippen LogP contribution in [-0.4, -0.2) is 196 Å². The van der Waals surface area contributed by atoms with Gasteiger partial charge in [0.05, 0.1) is 33.7 Å². The molecule has 19 heteroatoms. The van der Waals surface area contributed by atoms with Crippen molar-refractivity contribution < 1.29 is 65.5 Å². The van der Waals surface area contributed by atoms with Gasteiger partial charge in [-0.2, -0.15) is 0 Å². The molecular weight excluding hydrogens is 1420 g/mol. The molecule has 0 aromatic heterocycles. The molecule has 0 saturated heterocycles. The van der Waals surface area contributed by atoms with Crippen molar-refractivity contribution in [3.63, 3.8) is 0 Å². The fourth-order valence-corrected chi connectivity index (χ4v) is 12.6. The maximum absolute atomic E-state index is 12.4. The third-order valence-electron chi connectivity index (χ3n) is 14.4. The zero-order valence-corrected chi connectivity index (χ0v) is 62.7. The summed E-state index contributed by atoms with van der Waals surface area (Å²) in [5.41, 5.74) is -2.20. The first kappa shape index (κ1) is 78.8. The summed E-state index contributed by atoms with van der Waals surface area (Å²) in [6.07, 6.45) is 29.8. The number of benzene rings is 4. The van der Waals surface area contributed by atoms with Gasteiger partial charge < -0.3 is 48.7 Å². The zero-order chi connectivity index (χ0) is 56.3. The minimum Gasteiger partial charge on any atom is -0.744 e. The van der Waals surface area contributed by atoms with E-state index in [1.54, 1.807) is 24.3 Å². The van der Waals surface area contributed by atoms with E-state index in [-0.39, 0.29) is 181 Å². The Morgan fingerprint density at radius 2 is 0.570 bits per heavy atom. The number of hydrogen-bond donors (Lipinski definition) is 0. The summed E-state index contributed by atoms with van der Waals surface area (Å²) < 4.78 is 74.6. The van der Waals surface area contributed by atoms with Gasteiger partial charge in [0.2, 0.25) is 0 Å². The normalized spacial score (nSPS) is 11.3. The van der Waals surface area contributed by atoms with Crippen molar-refractivity contribution in [1.29, 1.82) is 0 Å². The molecule has 0 radical (unpaired) electrons. The smallest absolute Gasteiger partial charge is 0.744 e.